The smallest absolute Gasteiger partial charge is 0.396 e. The Labute approximate surface area is 78.7 Å². The largest absolute Gasteiger partial charge is 0.471 e. The van der Waals surface area contributed by atoms with Crippen molar-refractivity contribution in [3.63, 3.8) is 0 Å². The monoisotopic (exact) mass is 215 g/mol. The summed E-state index contributed by atoms with van der Waals surface area (Å²) in [6.07, 6.45) is -4.78. The predicted octanol–water partition coefficient (Wildman–Crippen LogP) is -0.344. The molecule has 84 valence electrons. The molecule has 0 radical (unpaired) electrons. The third-order valence-corrected chi connectivity index (χ3v) is 1.61. The summed E-state index contributed by atoms with van der Waals surface area (Å²) >= 11 is 0. The van der Waals surface area contributed by atoms with Gasteiger partial charge >= 0.3 is 12.1 Å². The van der Waals surface area contributed by atoms with Gasteiger partial charge in [0.1, 0.15) is 0 Å². The molecule has 14 heavy (non-hydrogen) atoms. The SMILES string of the molecule is O=C(NCCC(CO)CO)C(F)(F)F. The lowest BCUT2D eigenvalue weighted by Crippen LogP contribution is -2.38. The molecule has 0 bridgehead atoms. The van der Waals surface area contributed by atoms with Crippen molar-refractivity contribution in [3.8, 4) is 0 Å². The molecule has 0 atom stereocenters. The molecule has 0 aromatic rings. The van der Waals surface area contributed by atoms with Gasteiger partial charge in [0.05, 0.1) is 0 Å². The van der Waals surface area contributed by atoms with Gasteiger partial charge in [-0.3, -0.25) is 4.79 Å². The van der Waals surface area contributed by atoms with Crippen LogP contribution in [0.3, 0.4) is 0 Å². The second-order valence-corrected chi connectivity index (χ2v) is 2.77. The summed E-state index contributed by atoms with van der Waals surface area (Å²) in [6.45, 7) is -0.860. The van der Waals surface area contributed by atoms with Crippen LogP contribution in [-0.4, -0.2) is 42.1 Å². The van der Waals surface area contributed by atoms with E-state index < -0.39 is 18.0 Å². The van der Waals surface area contributed by atoms with Crippen LogP contribution in [0.15, 0.2) is 0 Å². The molecular formula is C7H12F3NO3. The fourth-order valence-electron chi connectivity index (χ4n) is 0.730. The van der Waals surface area contributed by atoms with Crippen LogP contribution in [0.2, 0.25) is 0 Å². The first-order valence-electron chi connectivity index (χ1n) is 3.98. The topological polar surface area (TPSA) is 69.6 Å². The number of alkyl halides is 3. The van der Waals surface area contributed by atoms with Crippen molar-refractivity contribution >= 4 is 5.91 Å². The Morgan fingerprint density at radius 3 is 2.14 bits per heavy atom. The van der Waals surface area contributed by atoms with Crippen LogP contribution in [0.1, 0.15) is 6.42 Å². The molecule has 7 heteroatoms. The van der Waals surface area contributed by atoms with Crippen molar-refractivity contribution in [3.05, 3.63) is 0 Å². The van der Waals surface area contributed by atoms with Gasteiger partial charge in [-0.2, -0.15) is 13.2 Å². The zero-order valence-electron chi connectivity index (χ0n) is 7.34. The van der Waals surface area contributed by atoms with Crippen molar-refractivity contribution in [1.29, 1.82) is 0 Å². The summed E-state index contributed by atoms with van der Waals surface area (Å²) in [5, 5.41) is 18.7. The number of hydrogen-bond acceptors (Lipinski definition) is 3. The summed E-state index contributed by atoms with van der Waals surface area (Å²) in [7, 11) is 0. The molecule has 4 nitrogen and oxygen atoms in total. The molecule has 0 unspecified atom stereocenters. The van der Waals surface area contributed by atoms with E-state index in [0.717, 1.165) is 0 Å². The van der Waals surface area contributed by atoms with E-state index in [0.29, 0.717) is 0 Å². The maximum absolute atomic E-state index is 11.6. The van der Waals surface area contributed by atoms with Crippen LogP contribution in [0.5, 0.6) is 0 Å². The number of hydrogen-bond donors (Lipinski definition) is 3. The van der Waals surface area contributed by atoms with E-state index in [1.54, 1.807) is 5.32 Å². The van der Waals surface area contributed by atoms with Crippen molar-refractivity contribution < 1.29 is 28.2 Å². The molecule has 0 fully saturated rings. The molecule has 0 aromatic heterocycles. The van der Waals surface area contributed by atoms with Gasteiger partial charge in [-0.1, -0.05) is 0 Å². The lowest BCUT2D eigenvalue weighted by molar-refractivity contribution is -0.173. The maximum atomic E-state index is 11.6. The van der Waals surface area contributed by atoms with E-state index in [-0.39, 0.29) is 26.2 Å². The van der Waals surface area contributed by atoms with Gasteiger partial charge in [0.2, 0.25) is 0 Å². The van der Waals surface area contributed by atoms with E-state index >= 15 is 0 Å². The minimum Gasteiger partial charge on any atom is -0.396 e. The molecule has 0 aliphatic heterocycles. The third kappa shape index (κ3) is 5.03. The Kier molecular flexibility index (Phi) is 5.47. The number of nitrogens with one attached hydrogen (secondary N) is 1. The minimum atomic E-state index is -4.88. The Bertz CT molecular complexity index is 180. The molecule has 1 amide bonds. The van der Waals surface area contributed by atoms with Crippen LogP contribution in [0, 0.1) is 5.92 Å². The van der Waals surface area contributed by atoms with E-state index in [1.807, 2.05) is 0 Å². The number of amides is 1. The van der Waals surface area contributed by atoms with Gasteiger partial charge in [0.15, 0.2) is 0 Å². The van der Waals surface area contributed by atoms with Crippen LogP contribution in [0.4, 0.5) is 13.2 Å². The van der Waals surface area contributed by atoms with Gasteiger partial charge in [0.25, 0.3) is 0 Å². The Morgan fingerprint density at radius 1 is 1.29 bits per heavy atom. The highest BCUT2D eigenvalue weighted by molar-refractivity contribution is 5.81. The normalized spacial score (nSPS) is 11.9. The predicted molar refractivity (Wildman–Crippen MR) is 41.3 cm³/mol. The summed E-state index contributed by atoms with van der Waals surface area (Å²) in [5.74, 6) is -2.50. The average Bonchev–Trinajstić information content (AvgIpc) is 2.10. The molecule has 0 aromatic carbocycles. The van der Waals surface area contributed by atoms with Crippen LogP contribution >= 0.6 is 0 Å². The maximum Gasteiger partial charge on any atom is 0.471 e. The fourth-order valence-corrected chi connectivity index (χ4v) is 0.730. The minimum absolute atomic E-state index is 0.106. The highest BCUT2D eigenvalue weighted by Gasteiger charge is 2.38. The zero-order chi connectivity index (χ0) is 11.2. The molecule has 3 N–H and O–H groups in total. The number of carbonyl (C=O) groups excluding carboxylic acids is 1. The summed E-state index contributed by atoms with van der Waals surface area (Å²) in [4.78, 5) is 10.3. The number of carbonyl (C=O) groups is 1. The van der Waals surface area contributed by atoms with E-state index in [4.69, 9.17) is 10.2 Å². The standard InChI is InChI=1S/C7H12F3NO3/c8-7(9,10)6(14)11-2-1-5(3-12)4-13/h5,12-13H,1-4H2,(H,11,14). The first kappa shape index (κ1) is 13.2. The first-order valence-corrected chi connectivity index (χ1v) is 3.98. The lowest BCUT2D eigenvalue weighted by Gasteiger charge is -2.12. The number of aliphatic hydroxyl groups is 2. The quantitative estimate of drug-likeness (QED) is 0.587. The average molecular weight is 215 g/mol. The lowest BCUT2D eigenvalue weighted by atomic mass is 10.1. The molecule has 0 rings (SSSR count). The Hall–Kier alpha value is -0.820. The molecular weight excluding hydrogens is 203 g/mol. The molecule has 0 heterocycles. The fraction of sp³-hybridized carbons (Fsp3) is 0.857. The first-order chi connectivity index (χ1) is 6.41. The number of halogens is 3. The van der Waals surface area contributed by atoms with E-state index in [9.17, 15) is 18.0 Å². The zero-order valence-corrected chi connectivity index (χ0v) is 7.34. The third-order valence-electron chi connectivity index (χ3n) is 1.61. The highest BCUT2D eigenvalue weighted by atomic mass is 19.4. The molecule has 0 spiro atoms. The Balaban J connectivity index is 3.69. The van der Waals surface area contributed by atoms with Gasteiger partial charge < -0.3 is 15.5 Å². The number of rotatable bonds is 5. The van der Waals surface area contributed by atoms with Crippen LogP contribution in [-0.2, 0) is 4.79 Å². The molecule has 0 aliphatic rings. The summed E-state index contributed by atoms with van der Waals surface area (Å²) in [6, 6.07) is 0. The van der Waals surface area contributed by atoms with Crippen molar-refractivity contribution in [2.45, 2.75) is 12.6 Å². The van der Waals surface area contributed by atoms with Gasteiger partial charge in [-0.25, -0.2) is 0 Å². The molecule has 0 saturated carbocycles. The van der Waals surface area contributed by atoms with Gasteiger partial charge in [-0.15, -0.1) is 0 Å². The van der Waals surface area contributed by atoms with Crippen LogP contribution in [0.25, 0.3) is 0 Å². The van der Waals surface area contributed by atoms with Crippen molar-refractivity contribution in [1.82, 2.24) is 5.32 Å². The van der Waals surface area contributed by atoms with E-state index in [2.05, 4.69) is 0 Å². The van der Waals surface area contributed by atoms with Gasteiger partial charge in [-0.05, 0) is 6.42 Å². The van der Waals surface area contributed by atoms with Crippen molar-refractivity contribution in [2.24, 2.45) is 5.92 Å². The van der Waals surface area contributed by atoms with E-state index in [1.165, 1.54) is 0 Å². The Morgan fingerprint density at radius 2 is 1.79 bits per heavy atom. The second kappa shape index (κ2) is 5.82. The van der Waals surface area contributed by atoms with Gasteiger partial charge in [0, 0.05) is 25.7 Å². The number of aliphatic hydroxyl groups excluding tert-OH is 2. The summed E-state index contributed by atoms with van der Waals surface area (Å²) in [5.41, 5.74) is 0. The summed E-state index contributed by atoms with van der Waals surface area (Å²) < 4.78 is 34.9. The molecule has 0 aliphatic carbocycles. The van der Waals surface area contributed by atoms with Crippen LogP contribution < -0.4 is 5.32 Å². The highest BCUT2D eigenvalue weighted by Crippen LogP contribution is 2.14. The van der Waals surface area contributed by atoms with Crippen molar-refractivity contribution in [2.75, 3.05) is 19.8 Å². The molecule has 0 saturated heterocycles. The second-order valence-electron chi connectivity index (χ2n) is 2.77.